The molecule has 30 heavy (non-hydrogen) atoms. The van der Waals surface area contributed by atoms with E-state index in [4.69, 9.17) is 5.11 Å². The molecule has 4 atom stereocenters. The van der Waals surface area contributed by atoms with Crippen LogP contribution in [-0.2, 0) is 21.2 Å². The second kappa shape index (κ2) is 9.65. The minimum absolute atomic E-state index is 0.0190. The van der Waals surface area contributed by atoms with Crippen molar-refractivity contribution in [2.75, 3.05) is 5.75 Å². The van der Waals surface area contributed by atoms with Crippen molar-refractivity contribution in [2.24, 2.45) is 23.2 Å². The van der Waals surface area contributed by atoms with E-state index in [1.807, 2.05) is 30.3 Å². The third kappa shape index (κ3) is 5.73. The first kappa shape index (κ1) is 23.0. The number of carbonyl (C=O) groups is 1. The zero-order valence-corrected chi connectivity index (χ0v) is 18.9. The fourth-order valence-electron chi connectivity index (χ4n) is 5.25. The second-order valence-corrected chi connectivity index (χ2v) is 11.4. The van der Waals surface area contributed by atoms with Crippen LogP contribution >= 0.6 is 0 Å². The molecule has 2 N–H and O–H groups in total. The number of unbranched alkanes of at least 4 members (excludes halogenated alkanes) is 1. The highest BCUT2D eigenvalue weighted by Crippen LogP contribution is 2.61. The van der Waals surface area contributed by atoms with E-state index >= 15 is 0 Å². The highest BCUT2D eigenvalue weighted by Gasteiger charge is 2.57. The molecular weight excluding hydrogens is 398 g/mol. The summed E-state index contributed by atoms with van der Waals surface area (Å²) < 4.78 is 28.9. The van der Waals surface area contributed by atoms with Crippen molar-refractivity contribution in [3.63, 3.8) is 0 Å². The van der Waals surface area contributed by atoms with Gasteiger partial charge in [0.15, 0.2) is 0 Å². The average Bonchev–Trinajstić information content (AvgIpc) is 2.70. The molecule has 4 unspecified atom stereocenters. The fourth-order valence-corrected chi connectivity index (χ4v) is 6.64. The summed E-state index contributed by atoms with van der Waals surface area (Å²) in [6, 6.07) is 9.72. The van der Waals surface area contributed by atoms with Crippen molar-refractivity contribution in [1.29, 1.82) is 0 Å². The molecule has 1 aromatic rings. The summed E-state index contributed by atoms with van der Waals surface area (Å²) in [5, 5.41) is 8.73. The van der Waals surface area contributed by atoms with Crippen molar-refractivity contribution in [3.8, 4) is 0 Å². The van der Waals surface area contributed by atoms with Crippen LogP contribution in [0.15, 0.2) is 42.5 Å². The smallest absolute Gasteiger partial charge is 0.303 e. The second-order valence-electron chi connectivity index (χ2n) is 9.55. The molecule has 3 fully saturated rings. The van der Waals surface area contributed by atoms with Crippen molar-refractivity contribution in [3.05, 3.63) is 48.0 Å². The lowest BCUT2D eigenvalue weighted by molar-refractivity contribution is -0.137. The largest absolute Gasteiger partial charge is 0.481 e. The number of benzene rings is 1. The number of nitrogens with one attached hydrogen (secondary N) is 1. The Morgan fingerprint density at radius 3 is 2.60 bits per heavy atom. The normalized spacial score (nSPS) is 27.7. The van der Waals surface area contributed by atoms with E-state index in [1.54, 1.807) is 0 Å². The van der Waals surface area contributed by atoms with E-state index in [0.717, 1.165) is 31.2 Å². The zero-order chi connectivity index (χ0) is 21.8. The van der Waals surface area contributed by atoms with Gasteiger partial charge in [-0.3, -0.25) is 4.79 Å². The molecule has 5 nitrogen and oxygen atoms in total. The van der Waals surface area contributed by atoms with E-state index in [-0.39, 0.29) is 23.6 Å². The molecule has 0 saturated heterocycles. The Balaban J connectivity index is 1.59. The first-order chi connectivity index (χ1) is 14.2. The maximum absolute atomic E-state index is 12.9. The Kier molecular flexibility index (Phi) is 7.40. The summed E-state index contributed by atoms with van der Waals surface area (Å²) in [5.41, 5.74) is 1.23. The zero-order valence-electron chi connectivity index (χ0n) is 18.1. The first-order valence-corrected chi connectivity index (χ1v) is 12.7. The van der Waals surface area contributed by atoms with Crippen LogP contribution in [0.1, 0.15) is 57.9 Å². The van der Waals surface area contributed by atoms with Crippen LogP contribution in [0.2, 0.25) is 0 Å². The minimum Gasteiger partial charge on any atom is -0.481 e. The molecule has 2 bridgehead atoms. The van der Waals surface area contributed by atoms with Gasteiger partial charge in [0.1, 0.15) is 0 Å². The van der Waals surface area contributed by atoms with E-state index < -0.39 is 16.0 Å². The van der Waals surface area contributed by atoms with E-state index in [0.29, 0.717) is 30.6 Å². The molecule has 0 aliphatic heterocycles. The molecule has 166 valence electrons. The molecule has 3 saturated carbocycles. The summed E-state index contributed by atoms with van der Waals surface area (Å²) in [4.78, 5) is 10.6. The predicted octanol–water partition coefficient (Wildman–Crippen LogP) is 4.40. The molecule has 4 rings (SSSR count). The van der Waals surface area contributed by atoms with Gasteiger partial charge in [0.05, 0.1) is 5.75 Å². The van der Waals surface area contributed by atoms with Crippen molar-refractivity contribution in [1.82, 2.24) is 4.72 Å². The Labute approximate surface area is 181 Å². The van der Waals surface area contributed by atoms with Gasteiger partial charge in [0, 0.05) is 12.5 Å². The van der Waals surface area contributed by atoms with Crippen LogP contribution in [0.4, 0.5) is 0 Å². The molecule has 0 radical (unpaired) electrons. The third-order valence-corrected chi connectivity index (χ3v) is 8.63. The van der Waals surface area contributed by atoms with Gasteiger partial charge in [-0.05, 0) is 67.3 Å². The predicted molar refractivity (Wildman–Crippen MR) is 120 cm³/mol. The van der Waals surface area contributed by atoms with E-state index in [9.17, 15) is 13.2 Å². The van der Waals surface area contributed by atoms with Gasteiger partial charge in [0.2, 0.25) is 10.0 Å². The number of hydrogen-bond acceptors (Lipinski definition) is 3. The lowest BCUT2D eigenvalue weighted by Crippen LogP contribution is -2.63. The third-order valence-electron chi connectivity index (χ3n) is 7.26. The van der Waals surface area contributed by atoms with Crippen LogP contribution in [0, 0.1) is 23.2 Å². The number of aliphatic carboxylic acids is 1. The number of carboxylic acid groups (broad SMARTS) is 1. The minimum atomic E-state index is -3.36. The highest BCUT2D eigenvalue weighted by molar-refractivity contribution is 7.89. The summed E-state index contributed by atoms with van der Waals surface area (Å²) in [6.45, 7) is 4.55. The lowest BCUT2D eigenvalue weighted by Gasteiger charge is -2.62. The number of aryl methyl sites for hydroxylation is 1. The monoisotopic (exact) mass is 433 g/mol. The van der Waals surface area contributed by atoms with E-state index in [2.05, 4.69) is 30.7 Å². The van der Waals surface area contributed by atoms with Crippen LogP contribution in [0.3, 0.4) is 0 Å². The summed E-state index contributed by atoms with van der Waals surface area (Å²) >= 11 is 0. The number of rotatable bonds is 11. The van der Waals surface area contributed by atoms with Gasteiger partial charge in [-0.15, -0.1) is 0 Å². The van der Waals surface area contributed by atoms with Crippen molar-refractivity contribution < 1.29 is 18.3 Å². The van der Waals surface area contributed by atoms with Crippen LogP contribution in [0.5, 0.6) is 0 Å². The molecule has 6 heteroatoms. The number of hydrogen-bond donors (Lipinski definition) is 2. The molecule has 3 aliphatic rings. The molecule has 0 heterocycles. The van der Waals surface area contributed by atoms with Gasteiger partial charge in [-0.25, -0.2) is 13.1 Å². The number of carboxylic acids is 1. The van der Waals surface area contributed by atoms with Crippen LogP contribution in [-0.4, -0.2) is 31.3 Å². The molecule has 0 amide bonds. The number of sulfonamides is 1. The van der Waals surface area contributed by atoms with Gasteiger partial charge >= 0.3 is 5.97 Å². The quantitative estimate of drug-likeness (QED) is 0.400. The highest BCUT2D eigenvalue weighted by atomic mass is 32.2. The lowest BCUT2D eigenvalue weighted by atomic mass is 9.45. The number of allylic oxidation sites excluding steroid dienone is 2. The van der Waals surface area contributed by atoms with E-state index in [1.165, 1.54) is 0 Å². The standard InChI is InChI=1S/C24H35NO4S/c1-24(2)20-16-19(12-8-3-4-9-13-22(26)27)23(21(24)17-20)25-30(28,29)15-14-18-10-6-5-7-11-18/h3,5-8,10-11,19-21,23,25H,4,9,12-17H2,1-2H3,(H,26,27)/b8-3+. The Bertz CT molecular complexity index is 847. The van der Waals surface area contributed by atoms with Gasteiger partial charge in [-0.1, -0.05) is 56.3 Å². The summed E-state index contributed by atoms with van der Waals surface area (Å²) in [6.07, 6.45) is 9.29. The van der Waals surface area contributed by atoms with Crippen LogP contribution in [0.25, 0.3) is 0 Å². The molecule has 0 spiro atoms. The average molecular weight is 434 g/mol. The molecule has 3 aliphatic carbocycles. The van der Waals surface area contributed by atoms with Crippen molar-refractivity contribution in [2.45, 2.75) is 64.8 Å². The molecule has 0 aromatic heterocycles. The van der Waals surface area contributed by atoms with Crippen LogP contribution < -0.4 is 4.72 Å². The molecule has 1 aromatic carbocycles. The summed E-state index contributed by atoms with van der Waals surface area (Å²) in [7, 11) is -3.36. The summed E-state index contributed by atoms with van der Waals surface area (Å²) in [5.74, 6) is 0.708. The fraction of sp³-hybridized carbons (Fsp3) is 0.625. The van der Waals surface area contributed by atoms with Gasteiger partial charge < -0.3 is 5.11 Å². The maximum atomic E-state index is 12.9. The topological polar surface area (TPSA) is 83.5 Å². The molecular formula is C24H35NO4S. The SMILES string of the molecule is CC1(C)C2CC(C/C=C/CCCC(=O)O)C(NS(=O)(=O)CCc3ccccc3)C1C2. The number of fused-ring (bicyclic) bond motifs is 2. The maximum Gasteiger partial charge on any atom is 0.303 e. The van der Waals surface area contributed by atoms with Gasteiger partial charge in [0.25, 0.3) is 0 Å². The first-order valence-electron chi connectivity index (χ1n) is 11.1. The Morgan fingerprint density at radius 1 is 1.20 bits per heavy atom. The Morgan fingerprint density at radius 2 is 1.93 bits per heavy atom. The van der Waals surface area contributed by atoms with Gasteiger partial charge in [-0.2, -0.15) is 0 Å². The van der Waals surface area contributed by atoms with Crippen molar-refractivity contribution >= 4 is 16.0 Å². The Hall–Kier alpha value is -1.66.